The molecule has 4 rings (SSSR count). The maximum Gasteiger partial charge on any atom is 0.258 e. The minimum atomic E-state index is -0.00943. The molecule has 2 amide bonds. The Hall–Kier alpha value is -2.33. The molecule has 1 fully saturated rings. The minimum Gasteiger partial charge on any atom is -0.338 e. The molecule has 2 aliphatic heterocycles. The van der Waals surface area contributed by atoms with E-state index in [2.05, 4.69) is 0 Å². The Morgan fingerprint density at radius 3 is 2.56 bits per heavy atom. The molecular formula is C20H19ClN2O2. The van der Waals surface area contributed by atoms with Crippen LogP contribution in [0.3, 0.4) is 0 Å². The van der Waals surface area contributed by atoms with Crippen molar-refractivity contribution in [3.63, 3.8) is 0 Å². The second-order valence-electron chi connectivity index (χ2n) is 6.56. The van der Waals surface area contributed by atoms with Gasteiger partial charge in [-0.3, -0.25) is 9.59 Å². The number of carbonyl (C=O) groups is 2. The highest BCUT2D eigenvalue weighted by Crippen LogP contribution is 2.34. The predicted octanol–water partition coefficient (Wildman–Crippen LogP) is 3.67. The quantitative estimate of drug-likeness (QED) is 0.843. The van der Waals surface area contributed by atoms with E-state index < -0.39 is 0 Å². The van der Waals surface area contributed by atoms with Gasteiger partial charge >= 0.3 is 0 Å². The number of nitrogens with zero attached hydrogens (tertiary/aromatic N) is 2. The molecule has 4 nitrogen and oxygen atoms in total. The molecule has 0 spiro atoms. The van der Waals surface area contributed by atoms with Crippen molar-refractivity contribution in [1.82, 2.24) is 4.90 Å². The van der Waals surface area contributed by atoms with Crippen LogP contribution in [-0.2, 0) is 17.8 Å². The van der Waals surface area contributed by atoms with E-state index in [-0.39, 0.29) is 11.8 Å². The van der Waals surface area contributed by atoms with Gasteiger partial charge < -0.3 is 9.80 Å². The molecule has 0 unspecified atom stereocenters. The first-order valence-corrected chi connectivity index (χ1v) is 8.97. The third kappa shape index (κ3) is 3.02. The highest BCUT2D eigenvalue weighted by Gasteiger charge is 2.27. The second-order valence-corrected chi connectivity index (χ2v) is 6.97. The van der Waals surface area contributed by atoms with Gasteiger partial charge in [-0.15, -0.1) is 0 Å². The molecule has 0 radical (unpaired) electrons. The Bertz CT molecular complexity index is 832. The summed E-state index contributed by atoms with van der Waals surface area (Å²) < 4.78 is 0. The molecule has 1 saturated heterocycles. The van der Waals surface area contributed by atoms with Crippen LogP contribution < -0.4 is 4.90 Å². The maximum absolute atomic E-state index is 12.8. The molecule has 2 aromatic carbocycles. The SMILES string of the molecule is O=C1CCCN1Cc1ccc(C(=O)N2CCc3c(Cl)cccc32)cc1. The summed E-state index contributed by atoms with van der Waals surface area (Å²) in [4.78, 5) is 28.2. The molecular weight excluding hydrogens is 336 g/mol. The first-order chi connectivity index (χ1) is 12.1. The van der Waals surface area contributed by atoms with Crippen LogP contribution in [-0.4, -0.2) is 29.8 Å². The van der Waals surface area contributed by atoms with Crippen LogP contribution in [0.2, 0.25) is 5.02 Å². The number of hydrogen-bond donors (Lipinski definition) is 0. The van der Waals surface area contributed by atoms with E-state index in [9.17, 15) is 9.59 Å². The summed E-state index contributed by atoms with van der Waals surface area (Å²) in [5, 5.41) is 0.721. The van der Waals surface area contributed by atoms with E-state index in [1.54, 1.807) is 4.90 Å². The Balaban J connectivity index is 1.50. The van der Waals surface area contributed by atoms with E-state index in [1.165, 1.54) is 0 Å². The van der Waals surface area contributed by atoms with Crippen LogP contribution in [0.25, 0.3) is 0 Å². The van der Waals surface area contributed by atoms with Crippen molar-refractivity contribution in [1.29, 1.82) is 0 Å². The van der Waals surface area contributed by atoms with Crippen LogP contribution in [0, 0.1) is 0 Å². The number of halogens is 1. The zero-order valence-corrected chi connectivity index (χ0v) is 14.6. The number of fused-ring (bicyclic) bond motifs is 1. The Kier molecular flexibility index (Phi) is 4.22. The third-order valence-electron chi connectivity index (χ3n) is 4.96. The number of carbonyl (C=O) groups excluding carboxylic acids is 2. The van der Waals surface area contributed by atoms with Crippen molar-refractivity contribution in [2.24, 2.45) is 0 Å². The summed E-state index contributed by atoms with van der Waals surface area (Å²) in [6, 6.07) is 13.3. The fourth-order valence-electron chi connectivity index (χ4n) is 3.60. The molecule has 128 valence electrons. The Morgan fingerprint density at radius 2 is 1.84 bits per heavy atom. The van der Waals surface area contributed by atoms with Gasteiger partial charge in [0, 0.05) is 42.3 Å². The molecule has 0 aliphatic carbocycles. The monoisotopic (exact) mass is 354 g/mol. The van der Waals surface area contributed by atoms with Gasteiger partial charge in [0.25, 0.3) is 5.91 Å². The molecule has 0 aromatic heterocycles. The number of benzene rings is 2. The molecule has 25 heavy (non-hydrogen) atoms. The second kappa shape index (κ2) is 6.52. The van der Waals surface area contributed by atoms with Crippen molar-refractivity contribution in [2.45, 2.75) is 25.8 Å². The normalized spacial score (nSPS) is 16.4. The van der Waals surface area contributed by atoms with Gasteiger partial charge in [0.05, 0.1) is 0 Å². The lowest BCUT2D eigenvalue weighted by atomic mass is 10.1. The Morgan fingerprint density at radius 1 is 1.04 bits per heavy atom. The van der Waals surface area contributed by atoms with E-state index in [0.717, 1.165) is 41.2 Å². The van der Waals surface area contributed by atoms with Crippen molar-refractivity contribution >= 4 is 29.1 Å². The van der Waals surface area contributed by atoms with Crippen LogP contribution in [0.5, 0.6) is 0 Å². The van der Waals surface area contributed by atoms with Gasteiger partial charge in [-0.1, -0.05) is 29.8 Å². The Labute approximate surface area is 152 Å². The predicted molar refractivity (Wildman–Crippen MR) is 97.9 cm³/mol. The van der Waals surface area contributed by atoms with Crippen LogP contribution in [0.15, 0.2) is 42.5 Å². The van der Waals surface area contributed by atoms with Crippen LogP contribution >= 0.6 is 11.6 Å². The lowest BCUT2D eigenvalue weighted by Gasteiger charge is -2.18. The minimum absolute atomic E-state index is 0.00943. The fourth-order valence-corrected chi connectivity index (χ4v) is 3.87. The van der Waals surface area contributed by atoms with Gasteiger partial charge in [-0.2, -0.15) is 0 Å². The van der Waals surface area contributed by atoms with Gasteiger partial charge in [-0.05, 0) is 48.2 Å². The third-order valence-corrected chi connectivity index (χ3v) is 5.32. The molecule has 0 bridgehead atoms. The highest BCUT2D eigenvalue weighted by molar-refractivity contribution is 6.32. The van der Waals surface area contributed by atoms with Crippen molar-refractivity contribution in [3.05, 3.63) is 64.2 Å². The largest absolute Gasteiger partial charge is 0.338 e. The van der Waals surface area contributed by atoms with E-state index in [1.807, 2.05) is 47.4 Å². The van der Waals surface area contributed by atoms with Gasteiger partial charge in [0.2, 0.25) is 5.91 Å². The summed E-state index contributed by atoms with van der Waals surface area (Å²) in [5.74, 6) is 0.204. The molecule has 0 N–H and O–H groups in total. The van der Waals surface area contributed by atoms with E-state index >= 15 is 0 Å². The summed E-state index contributed by atoms with van der Waals surface area (Å²) >= 11 is 6.23. The lowest BCUT2D eigenvalue weighted by molar-refractivity contribution is -0.128. The topological polar surface area (TPSA) is 40.6 Å². The van der Waals surface area contributed by atoms with Crippen molar-refractivity contribution < 1.29 is 9.59 Å². The van der Waals surface area contributed by atoms with Crippen LogP contribution in [0.4, 0.5) is 5.69 Å². The van der Waals surface area contributed by atoms with Crippen molar-refractivity contribution in [3.8, 4) is 0 Å². The van der Waals surface area contributed by atoms with Crippen molar-refractivity contribution in [2.75, 3.05) is 18.0 Å². The maximum atomic E-state index is 12.8. The van der Waals surface area contributed by atoms with E-state index in [4.69, 9.17) is 11.6 Å². The lowest BCUT2D eigenvalue weighted by Crippen LogP contribution is -2.29. The highest BCUT2D eigenvalue weighted by atomic mass is 35.5. The van der Waals surface area contributed by atoms with Crippen LogP contribution in [0.1, 0.15) is 34.3 Å². The smallest absolute Gasteiger partial charge is 0.258 e. The standard InChI is InChI=1S/C20H19ClN2O2/c21-17-3-1-4-18-16(17)10-12-23(18)20(25)15-8-6-14(7-9-15)13-22-11-2-5-19(22)24/h1,3-4,6-9H,2,5,10-13H2. The molecule has 0 saturated carbocycles. The van der Waals surface area contributed by atoms with Gasteiger partial charge in [0.15, 0.2) is 0 Å². The first-order valence-electron chi connectivity index (χ1n) is 8.59. The summed E-state index contributed by atoms with van der Waals surface area (Å²) in [5.41, 5.74) is 3.66. The molecule has 5 heteroatoms. The zero-order chi connectivity index (χ0) is 17.4. The summed E-state index contributed by atoms with van der Waals surface area (Å²) in [6.07, 6.45) is 2.37. The summed E-state index contributed by atoms with van der Waals surface area (Å²) in [7, 11) is 0. The average Bonchev–Trinajstić information content (AvgIpc) is 3.23. The number of anilines is 1. The molecule has 2 heterocycles. The fraction of sp³-hybridized carbons (Fsp3) is 0.300. The average molecular weight is 355 g/mol. The summed E-state index contributed by atoms with van der Waals surface area (Å²) in [6.45, 7) is 2.10. The first kappa shape index (κ1) is 16.2. The number of rotatable bonds is 3. The number of likely N-dealkylation sites (tertiary alicyclic amines) is 1. The van der Waals surface area contributed by atoms with Gasteiger partial charge in [0.1, 0.15) is 0 Å². The zero-order valence-electron chi connectivity index (χ0n) is 13.9. The number of amides is 2. The number of hydrogen-bond acceptors (Lipinski definition) is 2. The molecule has 2 aromatic rings. The molecule has 2 aliphatic rings. The molecule has 0 atom stereocenters. The van der Waals surface area contributed by atoms with E-state index in [0.29, 0.717) is 25.1 Å². The van der Waals surface area contributed by atoms with Gasteiger partial charge in [-0.25, -0.2) is 0 Å².